The molecule has 110 valence electrons. The van der Waals surface area contributed by atoms with Crippen molar-refractivity contribution >= 4 is 17.4 Å². The van der Waals surface area contributed by atoms with Gasteiger partial charge in [-0.1, -0.05) is 23.7 Å². The first-order chi connectivity index (χ1) is 10.2. The average Bonchev–Trinajstić information content (AvgIpc) is 3.30. The topological polar surface area (TPSA) is 41.0 Å². The Labute approximate surface area is 130 Å². The summed E-state index contributed by atoms with van der Waals surface area (Å²) >= 11 is 6.01. The van der Waals surface area contributed by atoms with Gasteiger partial charge in [0.15, 0.2) is 5.82 Å². The van der Waals surface area contributed by atoms with E-state index in [4.69, 9.17) is 11.6 Å². The molecule has 0 atom stereocenters. The van der Waals surface area contributed by atoms with Gasteiger partial charge < -0.3 is 10.2 Å². The standard InChI is InChI=1S/C16H19ClN4/c1-21(11-12-3-2-4-13(17)9-12)16-8-7-15(19-20-16)10-18-14-5-6-14/h2-4,7-9,14,18H,5-6,10-11H2,1H3. The van der Waals surface area contributed by atoms with Gasteiger partial charge in [-0.3, -0.25) is 0 Å². The molecule has 0 bridgehead atoms. The summed E-state index contributed by atoms with van der Waals surface area (Å²) in [5.41, 5.74) is 2.15. The fraction of sp³-hybridized carbons (Fsp3) is 0.375. The lowest BCUT2D eigenvalue weighted by atomic mass is 10.2. The number of nitrogens with one attached hydrogen (secondary N) is 1. The molecule has 4 nitrogen and oxygen atoms in total. The molecular formula is C16H19ClN4. The first-order valence-corrected chi connectivity index (χ1v) is 7.60. The molecule has 3 rings (SSSR count). The van der Waals surface area contributed by atoms with Crippen molar-refractivity contribution in [1.82, 2.24) is 15.5 Å². The molecule has 0 spiro atoms. The maximum Gasteiger partial charge on any atom is 0.151 e. The van der Waals surface area contributed by atoms with Gasteiger partial charge in [-0.05, 0) is 42.7 Å². The van der Waals surface area contributed by atoms with Crippen molar-refractivity contribution in [3.05, 3.63) is 52.7 Å². The first kappa shape index (κ1) is 14.3. The third kappa shape index (κ3) is 4.16. The monoisotopic (exact) mass is 302 g/mol. The van der Waals surface area contributed by atoms with Crippen LogP contribution in [-0.4, -0.2) is 23.3 Å². The molecule has 1 fully saturated rings. The minimum atomic E-state index is 0.692. The summed E-state index contributed by atoms with van der Waals surface area (Å²) < 4.78 is 0. The molecule has 1 aromatic heterocycles. The predicted octanol–water partition coefficient (Wildman–Crippen LogP) is 3.02. The highest BCUT2D eigenvalue weighted by Crippen LogP contribution is 2.19. The van der Waals surface area contributed by atoms with Gasteiger partial charge in [0.2, 0.25) is 0 Å². The van der Waals surface area contributed by atoms with Crippen molar-refractivity contribution in [2.45, 2.75) is 32.0 Å². The summed E-state index contributed by atoms with van der Waals surface area (Å²) in [6, 6.07) is 12.6. The van der Waals surface area contributed by atoms with E-state index in [-0.39, 0.29) is 0 Å². The summed E-state index contributed by atoms with van der Waals surface area (Å²) in [6.07, 6.45) is 2.57. The molecule has 1 aliphatic carbocycles. The molecule has 0 amide bonds. The van der Waals surface area contributed by atoms with E-state index in [2.05, 4.69) is 26.5 Å². The number of aromatic nitrogens is 2. The van der Waals surface area contributed by atoms with Crippen molar-refractivity contribution in [2.75, 3.05) is 11.9 Å². The molecule has 0 aliphatic heterocycles. The van der Waals surface area contributed by atoms with E-state index in [0.717, 1.165) is 35.2 Å². The van der Waals surface area contributed by atoms with Gasteiger partial charge in [-0.25, -0.2) is 0 Å². The zero-order valence-electron chi connectivity index (χ0n) is 12.1. The van der Waals surface area contributed by atoms with Crippen LogP contribution in [0.15, 0.2) is 36.4 Å². The fourth-order valence-electron chi connectivity index (χ4n) is 2.18. The predicted molar refractivity (Wildman–Crippen MR) is 85.5 cm³/mol. The van der Waals surface area contributed by atoms with Gasteiger partial charge in [0, 0.05) is 31.2 Å². The molecule has 2 aromatic rings. The van der Waals surface area contributed by atoms with Crippen LogP contribution in [-0.2, 0) is 13.1 Å². The van der Waals surface area contributed by atoms with E-state index in [1.807, 2.05) is 37.4 Å². The van der Waals surface area contributed by atoms with Gasteiger partial charge in [-0.2, -0.15) is 5.10 Å². The van der Waals surface area contributed by atoms with Crippen molar-refractivity contribution in [2.24, 2.45) is 0 Å². The molecule has 0 saturated heterocycles. The van der Waals surface area contributed by atoms with Gasteiger partial charge in [0.25, 0.3) is 0 Å². The lowest BCUT2D eigenvalue weighted by Crippen LogP contribution is -2.20. The third-order valence-electron chi connectivity index (χ3n) is 3.55. The Kier molecular flexibility index (Phi) is 4.36. The maximum absolute atomic E-state index is 6.01. The molecule has 1 heterocycles. The lowest BCUT2D eigenvalue weighted by Gasteiger charge is -2.18. The summed E-state index contributed by atoms with van der Waals surface area (Å²) in [5.74, 6) is 0.866. The van der Waals surface area contributed by atoms with Crippen LogP contribution in [0.5, 0.6) is 0 Å². The molecule has 0 unspecified atom stereocenters. The third-order valence-corrected chi connectivity index (χ3v) is 3.79. The SMILES string of the molecule is CN(Cc1cccc(Cl)c1)c1ccc(CNC2CC2)nn1. The summed E-state index contributed by atoms with van der Waals surface area (Å²) in [4.78, 5) is 2.07. The molecule has 1 saturated carbocycles. The molecular weight excluding hydrogens is 284 g/mol. The highest BCUT2D eigenvalue weighted by atomic mass is 35.5. The van der Waals surface area contributed by atoms with E-state index in [9.17, 15) is 0 Å². The van der Waals surface area contributed by atoms with Crippen molar-refractivity contribution in [1.29, 1.82) is 0 Å². The summed E-state index contributed by atoms with van der Waals surface area (Å²) in [6.45, 7) is 1.56. The Bertz CT molecular complexity index is 595. The molecule has 1 aromatic carbocycles. The Morgan fingerprint density at radius 1 is 1.24 bits per heavy atom. The lowest BCUT2D eigenvalue weighted by molar-refractivity contribution is 0.664. The minimum absolute atomic E-state index is 0.692. The Morgan fingerprint density at radius 3 is 2.76 bits per heavy atom. The van der Waals surface area contributed by atoms with Crippen LogP contribution in [0.3, 0.4) is 0 Å². The van der Waals surface area contributed by atoms with E-state index in [1.165, 1.54) is 12.8 Å². The number of benzene rings is 1. The zero-order chi connectivity index (χ0) is 14.7. The Morgan fingerprint density at radius 2 is 2.10 bits per heavy atom. The van der Waals surface area contributed by atoms with Crippen LogP contribution < -0.4 is 10.2 Å². The maximum atomic E-state index is 6.01. The summed E-state index contributed by atoms with van der Waals surface area (Å²) in [7, 11) is 2.01. The zero-order valence-corrected chi connectivity index (χ0v) is 12.8. The number of nitrogens with zero attached hydrogens (tertiary/aromatic N) is 3. The van der Waals surface area contributed by atoms with Crippen LogP contribution in [0.4, 0.5) is 5.82 Å². The second kappa shape index (κ2) is 6.41. The number of rotatable bonds is 6. The van der Waals surface area contributed by atoms with E-state index >= 15 is 0 Å². The largest absolute Gasteiger partial charge is 0.354 e. The fourth-order valence-corrected chi connectivity index (χ4v) is 2.39. The van der Waals surface area contributed by atoms with E-state index in [0.29, 0.717) is 6.04 Å². The summed E-state index contributed by atoms with van der Waals surface area (Å²) in [5, 5.41) is 12.8. The Balaban J connectivity index is 1.59. The molecule has 1 aliphatic rings. The highest BCUT2D eigenvalue weighted by Gasteiger charge is 2.20. The van der Waals surface area contributed by atoms with Gasteiger partial charge >= 0.3 is 0 Å². The van der Waals surface area contributed by atoms with Gasteiger partial charge in [0.1, 0.15) is 0 Å². The number of halogens is 1. The molecule has 5 heteroatoms. The van der Waals surface area contributed by atoms with Crippen LogP contribution >= 0.6 is 11.6 Å². The first-order valence-electron chi connectivity index (χ1n) is 7.22. The van der Waals surface area contributed by atoms with Crippen LogP contribution in [0.2, 0.25) is 5.02 Å². The van der Waals surface area contributed by atoms with Crippen LogP contribution in [0.25, 0.3) is 0 Å². The average molecular weight is 303 g/mol. The number of hydrogen-bond donors (Lipinski definition) is 1. The van der Waals surface area contributed by atoms with Gasteiger partial charge in [0.05, 0.1) is 5.69 Å². The number of anilines is 1. The molecule has 1 N–H and O–H groups in total. The van der Waals surface area contributed by atoms with E-state index < -0.39 is 0 Å². The van der Waals surface area contributed by atoms with Gasteiger partial charge in [-0.15, -0.1) is 5.10 Å². The Hall–Kier alpha value is -1.65. The minimum Gasteiger partial charge on any atom is -0.354 e. The van der Waals surface area contributed by atoms with Crippen LogP contribution in [0.1, 0.15) is 24.1 Å². The molecule has 21 heavy (non-hydrogen) atoms. The molecule has 0 radical (unpaired) electrons. The van der Waals surface area contributed by atoms with Crippen LogP contribution in [0, 0.1) is 0 Å². The highest BCUT2D eigenvalue weighted by molar-refractivity contribution is 6.30. The normalized spacial score (nSPS) is 14.2. The quantitative estimate of drug-likeness (QED) is 0.890. The smallest absolute Gasteiger partial charge is 0.151 e. The van der Waals surface area contributed by atoms with E-state index in [1.54, 1.807) is 0 Å². The second-order valence-corrected chi connectivity index (χ2v) is 5.96. The second-order valence-electron chi connectivity index (χ2n) is 5.52. The van der Waals surface area contributed by atoms with Crippen molar-refractivity contribution in [3.8, 4) is 0 Å². The van der Waals surface area contributed by atoms with Crippen molar-refractivity contribution in [3.63, 3.8) is 0 Å². The number of hydrogen-bond acceptors (Lipinski definition) is 4. The van der Waals surface area contributed by atoms with Crippen molar-refractivity contribution < 1.29 is 0 Å².